The van der Waals surface area contributed by atoms with Gasteiger partial charge in [-0.2, -0.15) is 4.31 Å². The second-order valence-electron chi connectivity index (χ2n) is 4.67. The van der Waals surface area contributed by atoms with E-state index in [0.717, 1.165) is 4.31 Å². The largest absolute Gasteiger partial charge is 0.353 e. The van der Waals surface area contributed by atoms with Gasteiger partial charge in [-0.15, -0.1) is 0 Å². The van der Waals surface area contributed by atoms with Gasteiger partial charge in [-0.3, -0.25) is 9.78 Å². The van der Waals surface area contributed by atoms with Crippen LogP contribution in [0, 0.1) is 0 Å². The molecular weight excluding hydrogens is 280 g/mol. The summed E-state index contributed by atoms with van der Waals surface area (Å²) < 4.78 is 25.4. The SMILES string of the molecule is CC(C)NC(=O)CN(C)S(=O)(=O)c1ccc(CN)nc1. The molecule has 1 rings (SSSR count). The lowest BCUT2D eigenvalue weighted by molar-refractivity contribution is -0.121. The van der Waals surface area contributed by atoms with Gasteiger partial charge in [-0.1, -0.05) is 0 Å². The van der Waals surface area contributed by atoms with Crippen molar-refractivity contribution in [2.45, 2.75) is 31.3 Å². The Morgan fingerprint density at radius 3 is 2.55 bits per heavy atom. The fraction of sp³-hybridized carbons (Fsp3) is 0.500. The smallest absolute Gasteiger partial charge is 0.244 e. The molecule has 0 unspecified atom stereocenters. The summed E-state index contributed by atoms with van der Waals surface area (Å²) in [6.45, 7) is 3.62. The van der Waals surface area contributed by atoms with E-state index in [0.29, 0.717) is 5.69 Å². The highest BCUT2D eigenvalue weighted by atomic mass is 32.2. The van der Waals surface area contributed by atoms with Crippen LogP contribution in [-0.2, 0) is 21.4 Å². The number of carbonyl (C=O) groups excluding carboxylic acids is 1. The summed E-state index contributed by atoms with van der Waals surface area (Å²) in [7, 11) is -2.37. The Kier molecular flexibility index (Phi) is 5.61. The van der Waals surface area contributed by atoms with Crippen molar-refractivity contribution in [1.29, 1.82) is 0 Å². The molecule has 0 spiro atoms. The molecule has 0 aromatic carbocycles. The van der Waals surface area contributed by atoms with E-state index in [-0.39, 0.29) is 29.9 Å². The van der Waals surface area contributed by atoms with Crippen LogP contribution in [0.3, 0.4) is 0 Å². The zero-order chi connectivity index (χ0) is 15.3. The summed E-state index contributed by atoms with van der Waals surface area (Å²) in [4.78, 5) is 15.6. The summed E-state index contributed by atoms with van der Waals surface area (Å²) in [5.74, 6) is -0.349. The van der Waals surface area contributed by atoms with Crippen molar-refractivity contribution in [3.63, 3.8) is 0 Å². The Bertz CT molecular complexity index is 555. The van der Waals surface area contributed by atoms with E-state index in [2.05, 4.69) is 10.3 Å². The topological polar surface area (TPSA) is 105 Å². The predicted molar refractivity (Wildman–Crippen MR) is 75.2 cm³/mol. The highest BCUT2D eigenvalue weighted by Crippen LogP contribution is 2.13. The van der Waals surface area contributed by atoms with Gasteiger partial charge in [0.2, 0.25) is 15.9 Å². The molecule has 0 saturated carbocycles. The van der Waals surface area contributed by atoms with Crippen LogP contribution < -0.4 is 11.1 Å². The van der Waals surface area contributed by atoms with E-state index in [1.165, 1.54) is 19.3 Å². The first-order valence-electron chi connectivity index (χ1n) is 6.18. The third-order valence-electron chi connectivity index (χ3n) is 2.53. The normalized spacial score (nSPS) is 11.9. The number of rotatable bonds is 6. The van der Waals surface area contributed by atoms with Crippen molar-refractivity contribution in [3.05, 3.63) is 24.0 Å². The first-order valence-corrected chi connectivity index (χ1v) is 7.62. The maximum absolute atomic E-state index is 12.2. The fourth-order valence-corrected chi connectivity index (χ4v) is 2.59. The summed E-state index contributed by atoms with van der Waals surface area (Å²) in [6, 6.07) is 2.94. The standard InChI is InChI=1S/C12H20N4O3S/c1-9(2)15-12(17)8-16(3)20(18,19)11-5-4-10(6-13)14-7-11/h4-5,7,9H,6,8,13H2,1-3H3,(H,15,17). The lowest BCUT2D eigenvalue weighted by atomic mass is 10.4. The fourth-order valence-electron chi connectivity index (χ4n) is 1.52. The first-order chi connectivity index (χ1) is 9.27. The average molecular weight is 300 g/mol. The molecule has 0 radical (unpaired) electrons. The quantitative estimate of drug-likeness (QED) is 0.749. The Morgan fingerprint density at radius 2 is 2.10 bits per heavy atom. The Balaban J connectivity index is 2.83. The van der Waals surface area contributed by atoms with Gasteiger partial charge in [0.25, 0.3) is 0 Å². The number of carbonyl (C=O) groups is 1. The molecule has 0 aliphatic heterocycles. The lowest BCUT2D eigenvalue weighted by Gasteiger charge is -2.17. The van der Waals surface area contributed by atoms with Gasteiger partial charge in [0.05, 0.1) is 12.2 Å². The molecule has 0 aliphatic carbocycles. The van der Waals surface area contributed by atoms with Gasteiger partial charge < -0.3 is 11.1 Å². The Labute approximate surface area is 119 Å². The Morgan fingerprint density at radius 1 is 1.45 bits per heavy atom. The number of nitrogens with one attached hydrogen (secondary N) is 1. The monoisotopic (exact) mass is 300 g/mol. The number of nitrogens with zero attached hydrogens (tertiary/aromatic N) is 2. The van der Waals surface area contributed by atoms with Crippen LogP contribution in [0.5, 0.6) is 0 Å². The molecule has 1 amide bonds. The average Bonchev–Trinajstić information content (AvgIpc) is 2.37. The van der Waals surface area contributed by atoms with Crippen molar-refractivity contribution in [3.8, 4) is 0 Å². The van der Waals surface area contributed by atoms with Gasteiger partial charge in [0.15, 0.2) is 0 Å². The maximum atomic E-state index is 12.2. The summed E-state index contributed by atoms with van der Waals surface area (Å²) in [6.07, 6.45) is 1.24. The molecule has 1 heterocycles. The second kappa shape index (κ2) is 6.78. The van der Waals surface area contributed by atoms with Crippen LogP contribution in [0.15, 0.2) is 23.2 Å². The molecule has 20 heavy (non-hydrogen) atoms. The number of hydrogen-bond acceptors (Lipinski definition) is 5. The van der Waals surface area contributed by atoms with E-state index in [4.69, 9.17) is 5.73 Å². The molecule has 0 bridgehead atoms. The van der Waals surface area contributed by atoms with Crippen molar-refractivity contribution in [2.24, 2.45) is 5.73 Å². The van der Waals surface area contributed by atoms with Gasteiger partial charge in [0, 0.05) is 25.8 Å². The van der Waals surface area contributed by atoms with E-state index >= 15 is 0 Å². The van der Waals surface area contributed by atoms with E-state index in [1.54, 1.807) is 6.07 Å². The summed E-state index contributed by atoms with van der Waals surface area (Å²) >= 11 is 0. The molecular formula is C12H20N4O3S. The van der Waals surface area contributed by atoms with E-state index in [9.17, 15) is 13.2 Å². The highest BCUT2D eigenvalue weighted by molar-refractivity contribution is 7.89. The van der Waals surface area contributed by atoms with E-state index < -0.39 is 10.0 Å². The first kappa shape index (κ1) is 16.5. The number of aromatic nitrogens is 1. The molecule has 112 valence electrons. The van der Waals surface area contributed by atoms with Crippen molar-refractivity contribution >= 4 is 15.9 Å². The molecule has 0 saturated heterocycles. The number of sulfonamides is 1. The molecule has 1 aromatic heterocycles. The van der Waals surface area contributed by atoms with Crippen LogP contribution in [0.4, 0.5) is 0 Å². The molecule has 8 heteroatoms. The molecule has 0 fully saturated rings. The number of likely N-dealkylation sites (N-methyl/N-ethyl adjacent to an activating group) is 1. The number of amides is 1. The van der Waals surface area contributed by atoms with Gasteiger partial charge in [-0.05, 0) is 26.0 Å². The van der Waals surface area contributed by atoms with Gasteiger partial charge >= 0.3 is 0 Å². The molecule has 0 aliphatic rings. The third kappa shape index (κ3) is 4.26. The molecule has 3 N–H and O–H groups in total. The highest BCUT2D eigenvalue weighted by Gasteiger charge is 2.23. The predicted octanol–water partition coefficient (Wildman–Crippen LogP) is -0.315. The van der Waals surface area contributed by atoms with Crippen LogP contribution >= 0.6 is 0 Å². The van der Waals surface area contributed by atoms with Crippen LogP contribution in [0.1, 0.15) is 19.5 Å². The van der Waals surface area contributed by atoms with Crippen molar-refractivity contribution in [1.82, 2.24) is 14.6 Å². The van der Waals surface area contributed by atoms with Crippen LogP contribution in [0.25, 0.3) is 0 Å². The van der Waals surface area contributed by atoms with Crippen molar-refractivity contribution < 1.29 is 13.2 Å². The summed E-state index contributed by atoms with van der Waals surface area (Å²) in [5.41, 5.74) is 6.01. The van der Waals surface area contributed by atoms with Crippen LogP contribution in [0.2, 0.25) is 0 Å². The lowest BCUT2D eigenvalue weighted by Crippen LogP contribution is -2.40. The molecule has 7 nitrogen and oxygen atoms in total. The van der Waals surface area contributed by atoms with Crippen LogP contribution in [-0.4, -0.2) is 43.2 Å². The zero-order valence-electron chi connectivity index (χ0n) is 11.8. The molecule has 0 atom stereocenters. The second-order valence-corrected chi connectivity index (χ2v) is 6.72. The van der Waals surface area contributed by atoms with Gasteiger partial charge in [-0.25, -0.2) is 8.42 Å². The summed E-state index contributed by atoms with van der Waals surface area (Å²) in [5, 5.41) is 2.64. The minimum atomic E-state index is -3.73. The minimum absolute atomic E-state index is 0.0366. The zero-order valence-corrected chi connectivity index (χ0v) is 12.6. The third-order valence-corrected chi connectivity index (χ3v) is 4.32. The minimum Gasteiger partial charge on any atom is -0.353 e. The van der Waals surface area contributed by atoms with E-state index in [1.807, 2.05) is 13.8 Å². The van der Waals surface area contributed by atoms with Gasteiger partial charge in [0.1, 0.15) is 4.90 Å². The number of pyridine rings is 1. The number of hydrogen-bond donors (Lipinski definition) is 2. The maximum Gasteiger partial charge on any atom is 0.244 e. The Hall–Kier alpha value is -1.51. The van der Waals surface area contributed by atoms with Crippen molar-refractivity contribution in [2.75, 3.05) is 13.6 Å². The number of nitrogens with two attached hydrogens (primary N) is 1. The molecule has 1 aromatic rings.